The van der Waals surface area contributed by atoms with Gasteiger partial charge in [-0.3, -0.25) is 4.79 Å². The molecule has 0 radical (unpaired) electrons. The molecule has 0 bridgehead atoms. The molecule has 1 rings (SSSR count). The van der Waals surface area contributed by atoms with Crippen LogP contribution in [0.5, 0.6) is 0 Å². The molecule has 0 aliphatic carbocycles. The third-order valence-corrected chi connectivity index (χ3v) is 3.70. The van der Waals surface area contributed by atoms with Crippen molar-refractivity contribution in [1.29, 1.82) is 0 Å². The first kappa shape index (κ1) is 20.1. The van der Waals surface area contributed by atoms with E-state index in [1.807, 2.05) is 6.92 Å². The third-order valence-electron chi connectivity index (χ3n) is 3.70. The van der Waals surface area contributed by atoms with Crippen molar-refractivity contribution in [2.24, 2.45) is 0 Å². The minimum atomic E-state index is -4.26. The van der Waals surface area contributed by atoms with Crippen molar-refractivity contribution >= 4 is 11.9 Å². The van der Waals surface area contributed by atoms with Gasteiger partial charge in [0.05, 0.1) is 6.42 Å². The molecule has 136 valence electrons. The van der Waals surface area contributed by atoms with Crippen molar-refractivity contribution in [2.75, 3.05) is 13.1 Å². The lowest BCUT2D eigenvalue weighted by Gasteiger charge is -2.32. The van der Waals surface area contributed by atoms with Crippen molar-refractivity contribution in [2.45, 2.75) is 51.7 Å². The molecule has 0 aromatic carbocycles. The molecule has 0 saturated carbocycles. The molecule has 1 aliphatic heterocycles. The van der Waals surface area contributed by atoms with Crippen molar-refractivity contribution in [1.82, 2.24) is 15.5 Å². The second kappa shape index (κ2) is 9.34. The van der Waals surface area contributed by atoms with Crippen molar-refractivity contribution in [3.05, 3.63) is 23.9 Å². The second-order valence-electron chi connectivity index (χ2n) is 5.57. The van der Waals surface area contributed by atoms with Crippen LogP contribution in [0.25, 0.3) is 0 Å². The molecule has 24 heavy (non-hydrogen) atoms. The molecular formula is C16H24F3N3O2. The Kier molecular flexibility index (Phi) is 7.81. The smallest absolute Gasteiger partial charge is 0.343 e. The summed E-state index contributed by atoms with van der Waals surface area (Å²) in [5.41, 5.74) is 0.301. The van der Waals surface area contributed by atoms with Crippen LogP contribution >= 0.6 is 0 Å². The highest BCUT2D eigenvalue weighted by Gasteiger charge is 2.25. The Morgan fingerprint density at radius 2 is 1.88 bits per heavy atom. The van der Waals surface area contributed by atoms with Crippen LogP contribution in [-0.4, -0.2) is 42.1 Å². The number of hydrogen-bond acceptors (Lipinski definition) is 2. The summed E-state index contributed by atoms with van der Waals surface area (Å²) in [5, 5.41) is 5.30. The van der Waals surface area contributed by atoms with Crippen LogP contribution in [0.3, 0.4) is 0 Å². The van der Waals surface area contributed by atoms with Gasteiger partial charge in [0.1, 0.15) is 0 Å². The normalized spacial score (nSPS) is 17.2. The zero-order valence-corrected chi connectivity index (χ0v) is 13.9. The van der Waals surface area contributed by atoms with Crippen LogP contribution in [0.4, 0.5) is 18.0 Å². The number of halogens is 3. The summed E-state index contributed by atoms with van der Waals surface area (Å²) in [7, 11) is 0. The van der Waals surface area contributed by atoms with Crippen LogP contribution in [0.1, 0.15) is 39.5 Å². The number of alkyl halides is 3. The molecule has 8 heteroatoms. The summed E-state index contributed by atoms with van der Waals surface area (Å²) in [6.07, 6.45) is 0.198. The van der Waals surface area contributed by atoms with E-state index in [-0.39, 0.29) is 11.9 Å². The Balaban J connectivity index is 2.39. The molecule has 3 amide bonds. The van der Waals surface area contributed by atoms with Gasteiger partial charge in [0.15, 0.2) is 0 Å². The van der Waals surface area contributed by atoms with Gasteiger partial charge in [-0.15, -0.1) is 0 Å². The molecule has 0 atom stereocenters. The summed E-state index contributed by atoms with van der Waals surface area (Å²) < 4.78 is 36.3. The maximum Gasteiger partial charge on any atom is 0.392 e. The Labute approximate surface area is 140 Å². The zero-order chi connectivity index (χ0) is 18.2. The van der Waals surface area contributed by atoms with E-state index in [2.05, 4.69) is 10.6 Å². The maximum absolute atomic E-state index is 12.1. The number of hydrogen-bond donors (Lipinski definition) is 2. The zero-order valence-electron chi connectivity index (χ0n) is 13.9. The molecule has 1 heterocycles. The van der Waals surface area contributed by atoms with Crippen LogP contribution in [0.2, 0.25) is 0 Å². The van der Waals surface area contributed by atoms with E-state index in [0.29, 0.717) is 38.0 Å². The Bertz CT molecular complexity index is 493. The number of rotatable bonds is 5. The van der Waals surface area contributed by atoms with Gasteiger partial charge in [0.2, 0.25) is 5.91 Å². The topological polar surface area (TPSA) is 61.4 Å². The van der Waals surface area contributed by atoms with E-state index in [1.54, 1.807) is 11.8 Å². The number of nitrogens with one attached hydrogen (secondary N) is 2. The van der Waals surface area contributed by atoms with Crippen LogP contribution in [-0.2, 0) is 4.79 Å². The van der Waals surface area contributed by atoms with E-state index in [1.165, 1.54) is 12.2 Å². The number of carbonyl (C=O) groups excluding carboxylic acids is 2. The Hall–Kier alpha value is -1.99. The number of carbonyl (C=O) groups is 2. The lowest BCUT2D eigenvalue weighted by Crippen LogP contribution is -2.48. The lowest BCUT2D eigenvalue weighted by molar-refractivity contribution is -0.132. The lowest BCUT2D eigenvalue weighted by atomic mass is 10.0. The average Bonchev–Trinajstić information content (AvgIpc) is 2.52. The molecule has 0 aromatic heterocycles. The number of urea groups is 1. The molecule has 2 N–H and O–H groups in total. The van der Waals surface area contributed by atoms with Crippen molar-refractivity contribution < 1.29 is 22.8 Å². The number of nitrogens with zero attached hydrogens (tertiary/aromatic N) is 1. The number of amides is 3. The Morgan fingerprint density at radius 3 is 2.38 bits per heavy atom. The first-order chi connectivity index (χ1) is 11.2. The van der Waals surface area contributed by atoms with Gasteiger partial charge in [-0.1, -0.05) is 19.1 Å². The molecule has 5 nitrogen and oxygen atoms in total. The number of allylic oxidation sites excluding steroid dienone is 3. The number of likely N-dealkylation sites (tertiary alicyclic amines) is 1. The fraction of sp³-hybridized carbons (Fsp3) is 0.625. The van der Waals surface area contributed by atoms with Crippen LogP contribution < -0.4 is 10.6 Å². The van der Waals surface area contributed by atoms with E-state index in [0.717, 1.165) is 6.08 Å². The van der Waals surface area contributed by atoms with Gasteiger partial charge in [-0.25, -0.2) is 4.79 Å². The van der Waals surface area contributed by atoms with E-state index in [4.69, 9.17) is 0 Å². The molecule has 1 fully saturated rings. The van der Waals surface area contributed by atoms with Gasteiger partial charge in [0.25, 0.3) is 0 Å². The summed E-state index contributed by atoms with van der Waals surface area (Å²) in [5.74, 6) is 0.101. The highest BCUT2D eigenvalue weighted by molar-refractivity contribution is 5.77. The molecule has 1 aliphatic rings. The van der Waals surface area contributed by atoms with Crippen LogP contribution in [0.15, 0.2) is 23.9 Å². The fourth-order valence-electron chi connectivity index (χ4n) is 2.38. The molecule has 0 aromatic rings. The van der Waals surface area contributed by atoms with Crippen LogP contribution in [0, 0.1) is 0 Å². The summed E-state index contributed by atoms with van der Waals surface area (Å²) >= 11 is 0. The minimum absolute atomic E-state index is 0.0526. The van der Waals surface area contributed by atoms with Crippen molar-refractivity contribution in [3.8, 4) is 0 Å². The third kappa shape index (κ3) is 7.52. The molecule has 1 saturated heterocycles. The number of piperidine rings is 1. The van der Waals surface area contributed by atoms with E-state index in [9.17, 15) is 22.8 Å². The van der Waals surface area contributed by atoms with Gasteiger partial charge >= 0.3 is 12.2 Å². The SMILES string of the molecule is C/C=C(\C=C/CC(F)(F)F)NC(=O)NC1CCN(C(=O)CC)CC1. The molecule has 0 unspecified atom stereocenters. The highest BCUT2D eigenvalue weighted by atomic mass is 19.4. The van der Waals surface area contributed by atoms with Gasteiger partial charge < -0.3 is 15.5 Å². The standard InChI is InChI=1S/C16H24F3N3O2/c1-3-12(6-5-9-16(17,18)19)20-15(24)21-13-7-10-22(11-8-13)14(23)4-2/h3,5-6,13H,4,7-11H2,1-2H3,(H2,20,21,24)/b6-5-,12-3+. The first-order valence-electron chi connectivity index (χ1n) is 8.00. The molecule has 0 spiro atoms. The predicted octanol–water partition coefficient (Wildman–Crippen LogP) is 3.10. The summed E-state index contributed by atoms with van der Waals surface area (Å²) in [4.78, 5) is 25.3. The van der Waals surface area contributed by atoms with Gasteiger partial charge in [-0.05, 0) is 25.8 Å². The summed E-state index contributed by atoms with van der Waals surface area (Å²) in [6.45, 7) is 4.63. The maximum atomic E-state index is 12.1. The fourth-order valence-corrected chi connectivity index (χ4v) is 2.38. The Morgan fingerprint density at radius 1 is 1.25 bits per heavy atom. The van der Waals surface area contributed by atoms with E-state index >= 15 is 0 Å². The van der Waals surface area contributed by atoms with E-state index < -0.39 is 18.6 Å². The average molecular weight is 347 g/mol. The largest absolute Gasteiger partial charge is 0.392 e. The van der Waals surface area contributed by atoms with Gasteiger partial charge in [-0.2, -0.15) is 13.2 Å². The second-order valence-corrected chi connectivity index (χ2v) is 5.57. The minimum Gasteiger partial charge on any atom is -0.343 e. The highest BCUT2D eigenvalue weighted by Crippen LogP contribution is 2.20. The van der Waals surface area contributed by atoms with Crippen molar-refractivity contribution in [3.63, 3.8) is 0 Å². The first-order valence-corrected chi connectivity index (χ1v) is 8.00. The molecular weight excluding hydrogens is 323 g/mol. The summed E-state index contributed by atoms with van der Waals surface area (Å²) in [6, 6.07) is -0.511. The van der Waals surface area contributed by atoms with Gasteiger partial charge in [0, 0.05) is 31.2 Å². The quantitative estimate of drug-likeness (QED) is 0.751. The predicted molar refractivity (Wildman–Crippen MR) is 85.1 cm³/mol. The monoisotopic (exact) mass is 347 g/mol.